The smallest absolute Gasteiger partial charge is 0.311 e. The van der Waals surface area contributed by atoms with E-state index in [2.05, 4.69) is 0 Å². The van der Waals surface area contributed by atoms with E-state index in [1.807, 2.05) is 13.8 Å². The van der Waals surface area contributed by atoms with Gasteiger partial charge in [-0.05, 0) is 30.9 Å². The number of nitro benzene ring substituents is 1. The van der Waals surface area contributed by atoms with E-state index in [1.165, 1.54) is 12.1 Å². The van der Waals surface area contributed by atoms with Crippen molar-refractivity contribution in [2.75, 3.05) is 19.7 Å². The van der Waals surface area contributed by atoms with Crippen LogP contribution in [0.15, 0.2) is 18.2 Å². The molecule has 0 bridgehead atoms. The van der Waals surface area contributed by atoms with Crippen molar-refractivity contribution in [2.24, 2.45) is 11.1 Å². The van der Waals surface area contributed by atoms with Crippen LogP contribution < -0.4 is 10.5 Å². The Kier molecular flexibility index (Phi) is 4.89. The van der Waals surface area contributed by atoms with Crippen molar-refractivity contribution >= 4 is 11.6 Å². The lowest BCUT2D eigenvalue weighted by molar-refractivity contribution is -0.385. The van der Waals surface area contributed by atoms with Crippen LogP contribution in [-0.2, 0) is 0 Å². The Hall–Kier alpha value is -2.15. The number of hydrogen-bond donors (Lipinski definition) is 1. The molecule has 0 radical (unpaired) electrons. The first-order valence-corrected chi connectivity index (χ1v) is 7.72. The normalized spacial score (nSPS) is 20.2. The molecule has 0 saturated carbocycles. The van der Waals surface area contributed by atoms with Gasteiger partial charge in [0.15, 0.2) is 5.75 Å². The lowest BCUT2D eigenvalue weighted by atomic mass is 9.79. The van der Waals surface area contributed by atoms with Crippen molar-refractivity contribution in [1.29, 1.82) is 0 Å². The average Bonchev–Trinajstić information content (AvgIpc) is 2.49. The highest BCUT2D eigenvalue weighted by Crippen LogP contribution is 2.31. The molecule has 2 N–H and O–H groups in total. The van der Waals surface area contributed by atoms with Gasteiger partial charge < -0.3 is 15.4 Å². The summed E-state index contributed by atoms with van der Waals surface area (Å²) in [6, 6.07) is 4.38. The van der Waals surface area contributed by atoms with Gasteiger partial charge in [-0.25, -0.2) is 0 Å². The minimum atomic E-state index is -0.530. The molecule has 0 aliphatic carbocycles. The highest BCUT2D eigenvalue weighted by molar-refractivity contribution is 5.95. The van der Waals surface area contributed by atoms with Gasteiger partial charge in [0.25, 0.3) is 5.91 Å². The second kappa shape index (κ2) is 6.54. The maximum atomic E-state index is 12.7. The second-order valence-electron chi connectivity index (χ2n) is 6.48. The van der Waals surface area contributed by atoms with E-state index in [0.717, 1.165) is 6.42 Å². The molecule has 0 aromatic heterocycles. The fourth-order valence-electron chi connectivity index (χ4n) is 2.80. The monoisotopic (exact) mass is 321 g/mol. The highest BCUT2D eigenvalue weighted by atomic mass is 16.6. The summed E-state index contributed by atoms with van der Waals surface area (Å²) < 4.78 is 5.24. The molecular weight excluding hydrogens is 298 g/mol. The first-order valence-electron chi connectivity index (χ1n) is 7.72. The highest BCUT2D eigenvalue weighted by Gasteiger charge is 2.36. The fraction of sp³-hybridized carbons (Fsp3) is 0.562. The van der Waals surface area contributed by atoms with E-state index < -0.39 is 4.92 Å². The average molecular weight is 321 g/mol. The van der Waals surface area contributed by atoms with Gasteiger partial charge in [-0.2, -0.15) is 0 Å². The van der Waals surface area contributed by atoms with Crippen LogP contribution in [0.1, 0.15) is 37.6 Å². The quantitative estimate of drug-likeness (QED) is 0.677. The van der Waals surface area contributed by atoms with Gasteiger partial charge in [0.05, 0.1) is 11.5 Å². The van der Waals surface area contributed by atoms with Crippen LogP contribution >= 0.6 is 0 Å². The second-order valence-corrected chi connectivity index (χ2v) is 6.48. The third kappa shape index (κ3) is 3.61. The maximum Gasteiger partial charge on any atom is 0.311 e. The molecule has 1 atom stereocenters. The minimum absolute atomic E-state index is 0.0428. The number of amides is 1. The van der Waals surface area contributed by atoms with E-state index >= 15 is 0 Å². The number of carbonyl (C=O) groups excluding carboxylic acids is 1. The topological polar surface area (TPSA) is 98.7 Å². The zero-order chi connectivity index (χ0) is 17.2. The zero-order valence-electron chi connectivity index (χ0n) is 13.7. The zero-order valence-corrected chi connectivity index (χ0v) is 13.7. The summed E-state index contributed by atoms with van der Waals surface area (Å²) in [5.74, 6) is -0.0360. The summed E-state index contributed by atoms with van der Waals surface area (Å²) in [6.45, 7) is 7.22. The summed E-state index contributed by atoms with van der Waals surface area (Å²) in [5.41, 5.74) is 6.02. The number of rotatable bonds is 4. The Morgan fingerprint density at radius 3 is 2.78 bits per heavy atom. The number of likely N-dealkylation sites (tertiary alicyclic amines) is 1. The number of nitrogens with zero attached hydrogens (tertiary/aromatic N) is 2. The largest absolute Gasteiger partial charge is 0.487 e. The van der Waals surface area contributed by atoms with Crippen molar-refractivity contribution in [1.82, 2.24) is 4.90 Å². The molecule has 1 aromatic rings. The van der Waals surface area contributed by atoms with Gasteiger partial charge in [-0.1, -0.05) is 13.8 Å². The van der Waals surface area contributed by atoms with Gasteiger partial charge in [-0.15, -0.1) is 0 Å². The summed E-state index contributed by atoms with van der Waals surface area (Å²) >= 11 is 0. The maximum absolute atomic E-state index is 12.7. The number of nitrogens with two attached hydrogens (primary N) is 1. The van der Waals surface area contributed by atoms with Crippen molar-refractivity contribution in [3.05, 3.63) is 33.9 Å². The molecule has 23 heavy (non-hydrogen) atoms. The van der Waals surface area contributed by atoms with Gasteiger partial charge in [0, 0.05) is 30.8 Å². The predicted molar refractivity (Wildman–Crippen MR) is 86.5 cm³/mol. The summed E-state index contributed by atoms with van der Waals surface area (Å²) in [4.78, 5) is 25.0. The Bertz CT molecular complexity index is 615. The number of piperidine rings is 1. The number of ether oxygens (including phenoxy) is 1. The van der Waals surface area contributed by atoms with Crippen LogP contribution in [0.25, 0.3) is 0 Å². The molecule has 7 heteroatoms. The molecule has 1 unspecified atom stereocenters. The van der Waals surface area contributed by atoms with E-state index in [1.54, 1.807) is 17.9 Å². The molecule has 1 saturated heterocycles. The third-order valence-electron chi connectivity index (χ3n) is 4.30. The Morgan fingerprint density at radius 1 is 1.52 bits per heavy atom. The van der Waals surface area contributed by atoms with Gasteiger partial charge >= 0.3 is 5.69 Å². The molecule has 1 heterocycles. The molecule has 126 valence electrons. The van der Waals surface area contributed by atoms with Gasteiger partial charge in [-0.3, -0.25) is 14.9 Å². The summed E-state index contributed by atoms with van der Waals surface area (Å²) in [5, 5.41) is 11.2. The van der Waals surface area contributed by atoms with E-state index in [0.29, 0.717) is 25.3 Å². The molecular formula is C16H23N3O4. The van der Waals surface area contributed by atoms with E-state index in [-0.39, 0.29) is 28.8 Å². The molecule has 1 aliphatic rings. The minimum Gasteiger partial charge on any atom is -0.487 e. The Balaban J connectivity index is 2.26. The lowest BCUT2D eigenvalue weighted by Crippen LogP contribution is -2.54. The number of hydrogen-bond acceptors (Lipinski definition) is 5. The number of carbonyl (C=O) groups is 1. The number of benzene rings is 1. The summed E-state index contributed by atoms with van der Waals surface area (Å²) in [7, 11) is 0. The van der Waals surface area contributed by atoms with Crippen LogP contribution in [0, 0.1) is 15.5 Å². The first kappa shape index (κ1) is 17.2. The van der Waals surface area contributed by atoms with Crippen molar-refractivity contribution < 1.29 is 14.5 Å². The predicted octanol–water partition coefficient (Wildman–Crippen LogP) is 2.19. The third-order valence-corrected chi connectivity index (χ3v) is 4.30. The van der Waals surface area contributed by atoms with Gasteiger partial charge in [0.1, 0.15) is 0 Å². The first-order chi connectivity index (χ1) is 10.8. The summed E-state index contributed by atoms with van der Waals surface area (Å²) in [6.07, 6.45) is 0.720. The SMILES string of the molecule is CCOc1ccc(C(=O)N2CCC(N)C(C)(C)C2)cc1[N+](=O)[O-]. The van der Waals surface area contributed by atoms with Gasteiger partial charge in [0.2, 0.25) is 0 Å². The molecule has 0 spiro atoms. The lowest BCUT2D eigenvalue weighted by Gasteiger charge is -2.42. The van der Waals surface area contributed by atoms with Crippen LogP contribution in [0.2, 0.25) is 0 Å². The molecule has 1 aromatic carbocycles. The van der Waals surface area contributed by atoms with E-state index in [9.17, 15) is 14.9 Å². The molecule has 1 amide bonds. The molecule has 2 rings (SSSR count). The standard InChI is InChI=1S/C16H23N3O4/c1-4-23-13-6-5-11(9-12(13)19(21)22)15(20)18-8-7-14(17)16(2,3)10-18/h5-6,9,14H,4,7-8,10,17H2,1-3H3. The molecule has 1 fully saturated rings. The van der Waals surface area contributed by atoms with E-state index in [4.69, 9.17) is 10.5 Å². The molecule has 1 aliphatic heterocycles. The van der Waals surface area contributed by atoms with Crippen molar-refractivity contribution in [3.63, 3.8) is 0 Å². The van der Waals surface area contributed by atoms with Crippen LogP contribution in [0.3, 0.4) is 0 Å². The molecule has 7 nitrogen and oxygen atoms in total. The number of nitro groups is 1. The fourth-order valence-corrected chi connectivity index (χ4v) is 2.80. The van der Waals surface area contributed by atoms with Crippen LogP contribution in [-0.4, -0.2) is 41.5 Å². The Labute approximate surface area is 135 Å². The van der Waals surface area contributed by atoms with Crippen molar-refractivity contribution in [3.8, 4) is 5.75 Å². The van der Waals surface area contributed by atoms with Crippen molar-refractivity contribution in [2.45, 2.75) is 33.2 Å². The van der Waals surface area contributed by atoms with Crippen LogP contribution in [0.5, 0.6) is 5.75 Å². The van der Waals surface area contributed by atoms with Crippen LogP contribution in [0.4, 0.5) is 5.69 Å². The Morgan fingerprint density at radius 2 is 2.22 bits per heavy atom.